The Hall–Kier alpha value is -2.84. The van der Waals surface area contributed by atoms with E-state index in [9.17, 15) is 9.59 Å². The molecule has 0 spiro atoms. The van der Waals surface area contributed by atoms with Gasteiger partial charge in [0.05, 0.1) is 30.2 Å². The topological polar surface area (TPSA) is 83.0 Å². The number of ether oxygens (including phenoxy) is 1. The van der Waals surface area contributed by atoms with Crippen molar-refractivity contribution in [2.45, 2.75) is 58.0 Å². The molecule has 1 aromatic rings. The Balaban J connectivity index is 1.47. The fourth-order valence-electron chi connectivity index (χ4n) is 5.04. The van der Waals surface area contributed by atoms with Crippen molar-refractivity contribution < 1.29 is 14.3 Å². The van der Waals surface area contributed by atoms with Crippen molar-refractivity contribution in [2.24, 2.45) is 10.9 Å². The molecule has 0 radical (unpaired) electrons. The Bertz CT molecular complexity index is 1130. The molecule has 1 fully saturated rings. The first-order valence-corrected chi connectivity index (χ1v) is 15.2. The number of likely N-dealkylation sites (N-methyl/N-ethyl adjacent to an activating group) is 1. The van der Waals surface area contributed by atoms with Crippen molar-refractivity contribution in [1.29, 1.82) is 0 Å². The van der Waals surface area contributed by atoms with E-state index >= 15 is 0 Å². The third-order valence-corrected chi connectivity index (χ3v) is 8.36. The number of nitrogens with zero attached hydrogens (tertiary/aromatic N) is 2. The van der Waals surface area contributed by atoms with Gasteiger partial charge in [-0.3, -0.25) is 14.6 Å². The molecule has 0 aromatic heterocycles. The summed E-state index contributed by atoms with van der Waals surface area (Å²) in [5.74, 6) is 1.09. The van der Waals surface area contributed by atoms with E-state index in [4.69, 9.17) is 4.74 Å². The lowest BCUT2D eigenvalue weighted by molar-refractivity contribution is -0.126. The van der Waals surface area contributed by atoms with Crippen LogP contribution in [0, 0.1) is 5.92 Å². The molecule has 4 rings (SSSR count). The first-order chi connectivity index (χ1) is 18.9. The average Bonchev–Trinajstić information content (AvgIpc) is 3.37. The molecule has 7 nitrogen and oxygen atoms in total. The van der Waals surface area contributed by atoms with E-state index in [1.807, 2.05) is 43.5 Å². The van der Waals surface area contributed by atoms with Crippen LogP contribution in [0.3, 0.4) is 0 Å². The number of amides is 2. The summed E-state index contributed by atoms with van der Waals surface area (Å²) in [7, 11) is 1.83. The molecule has 2 aliphatic heterocycles. The average molecular weight is 551 g/mol. The summed E-state index contributed by atoms with van der Waals surface area (Å²) in [5, 5.41) is 7.67. The quantitative estimate of drug-likeness (QED) is 0.373. The molecule has 8 heteroatoms. The highest BCUT2D eigenvalue weighted by atomic mass is 32.2. The van der Waals surface area contributed by atoms with E-state index in [-0.39, 0.29) is 17.9 Å². The van der Waals surface area contributed by atoms with Crippen LogP contribution >= 0.6 is 11.8 Å². The number of hydrogen-bond acceptors (Lipinski definition) is 6. The zero-order valence-electron chi connectivity index (χ0n) is 23.4. The number of thioether (sulfide) groups is 1. The van der Waals surface area contributed by atoms with Gasteiger partial charge < -0.3 is 20.3 Å². The van der Waals surface area contributed by atoms with Crippen molar-refractivity contribution in [3.05, 3.63) is 65.0 Å². The van der Waals surface area contributed by atoms with Gasteiger partial charge in [0.15, 0.2) is 0 Å². The monoisotopic (exact) mass is 550 g/mol. The molecule has 1 aromatic carbocycles. The van der Waals surface area contributed by atoms with E-state index in [1.165, 1.54) is 0 Å². The first-order valence-electron chi connectivity index (χ1n) is 14.2. The maximum absolute atomic E-state index is 13.6. The lowest BCUT2D eigenvalue weighted by Gasteiger charge is -2.31. The lowest BCUT2D eigenvalue weighted by Crippen LogP contribution is -2.41. The highest BCUT2D eigenvalue weighted by Crippen LogP contribution is 2.36. The van der Waals surface area contributed by atoms with Crippen LogP contribution in [-0.2, 0) is 14.3 Å². The van der Waals surface area contributed by atoms with Gasteiger partial charge in [-0.1, -0.05) is 49.4 Å². The van der Waals surface area contributed by atoms with Crippen molar-refractivity contribution in [3.63, 3.8) is 0 Å². The Labute approximate surface area is 237 Å². The Morgan fingerprint density at radius 1 is 1.26 bits per heavy atom. The van der Waals surface area contributed by atoms with Gasteiger partial charge in [-0.2, -0.15) is 0 Å². The molecule has 2 N–H and O–H groups in total. The zero-order valence-corrected chi connectivity index (χ0v) is 24.3. The van der Waals surface area contributed by atoms with Gasteiger partial charge in [-0.05, 0) is 63.8 Å². The third kappa shape index (κ3) is 8.32. The van der Waals surface area contributed by atoms with E-state index in [1.54, 1.807) is 16.7 Å². The number of carbonyl (C=O) groups is 2. The molecule has 1 saturated heterocycles. The predicted octanol–water partition coefficient (Wildman–Crippen LogP) is 4.58. The fourth-order valence-corrected chi connectivity index (χ4v) is 6.09. The third-order valence-electron chi connectivity index (χ3n) is 7.14. The van der Waals surface area contributed by atoms with Crippen LogP contribution in [-0.4, -0.2) is 72.9 Å². The van der Waals surface area contributed by atoms with Gasteiger partial charge in [-0.25, -0.2) is 0 Å². The van der Waals surface area contributed by atoms with Crippen molar-refractivity contribution in [1.82, 2.24) is 15.5 Å². The minimum atomic E-state index is -0.455. The molecule has 39 heavy (non-hydrogen) atoms. The Kier molecular flexibility index (Phi) is 10.9. The molecule has 2 amide bonds. The number of hydrogen-bond donors (Lipinski definition) is 2. The summed E-state index contributed by atoms with van der Waals surface area (Å²) in [4.78, 5) is 33.6. The summed E-state index contributed by atoms with van der Waals surface area (Å²) in [6.45, 7) is 7.10. The van der Waals surface area contributed by atoms with E-state index in [0.717, 1.165) is 60.7 Å². The molecule has 2 heterocycles. The largest absolute Gasteiger partial charge is 0.494 e. The second-order valence-corrected chi connectivity index (χ2v) is 11.6. The first kappa shape index (κ1) is 29.2. The number of nitrogens with one attached hydrogen (secondary N) is 2. The fraction of sp³-hybridized carbons (Fsp3) is 0.516. The summed E-state index contributed by atoms with van der Waals surface area (Å²) < 4.78 is 5.97. The van der Waals surface area contributed by atoms with Crippen LogP contribution in [0.15, 0.2) is 64.4 Å². The van der Waals surface area contributed by atoms with Crippen molar-refractivity contribution in [3.8, 4) is 0 Å². The molecule has 3 atom stereocenters. The Morgan fingerprint density at radius 3 is 2.82 bits per heavy atom. The van der Waals surface area contributed by atoms with Crippen LogP contribution < -0.4 is 10.6 Å². The predicted molar refractivity (Wildman–Crippen MR) is 161 cm³/mol. The number of allylic oxidation sites excluding steroid dienone is 1. The number of benzene rings is 1. The van der Waals surface area contributed by atoms with Gasteiger partial charge in [0.2, 0.25) is 11.8 Å². The molecule has 1 aliphatic carbocycles. The lowest BCUT2D eigenvalue weighted by atomic mass is 9.84. The van der Waals surface area contributed by atoms with E-state index in [0.29, 0.717) is 36.9 Å². The highest BCUT2D eigenvalue weighted by molar-refractivity contribution is 8.14. The van der Waals surface area contributed by atoms with Crippen LogP contribution in [0.4, 0.5) is 0 Å². The van der Waals surface area contributed by atoms with Gasteiger partial charge in [0, 0.05) is 30.0 Å². The van der Waals surface area contributed by atoms with Crippen molar-refractivity contribution in [2.75, 3.05) is 39.0 Å². The number of aliphatic imine (C=N–C) groups is 1. The van der Waals surface area contributed by atoms with Crippen LogP contribution in [0.2, 0.25) is 0 Å². The molecule has 0 saturated carbocycles. The molecule has 3 unspecified atom stereocenters. The summed E-state index contributed by atoms with van der Waals surface area (Å²) in [5.41, 5.74) is 2.75. The van der Waals surface area contributed by atoms with Gasteiger partial charge in [-0.15, -0.1) is 11.8 Å². The van der Waals surface area contributed by atoms with E-state index in [2.05, 4.69) is 41.6 Å². The SMILES string of the molecule is CCCNCCC(/C=C/c1ccccc1)NC(=O)C1C=C2OCCCC2=C(C(=O)N(C)CC2=NC(C)CS2)C1. The smallest absolute Gasteiger partial charge is 0.250 e. The molecular formula is C31H42N4O3S. The van der Waals surface area contributed by atoms with Gasteiger partial charge >= 0.3 is 0 Å². The second-order valence-electron chi connectivity index (χ2n) is 10.5. The van der Waals surface area contributed by atoms with Crippen LogP contribution in [0.25, 0.3) is 6.08 Å². The minimum absolute atomic E-state index is 0.0361. The number of carbonyl (C=O) groups excluding carboxylic acids is 2. The number of fused-ring (bicyclic) bond motifs is 1. The van der Waals surface area contributed by atoms with Crippen molar-refractivity contribution >= 4 is 34.7 Å². The van der Waals surface area contributed by atoms with Crippen LogP contribution in [0.5, 0.6) is 0 Å². The molecule has 3 aliphatic rings. The van der Waals surface area contributed by atoms with Crippen LogP contribution in [0.1, 0.15) is 51.5 Å². The van der Waals surface area contributed by atoms with Gasteiger partial charge in [0.1, 0.15) is 5.76 Å². The standard InChI is InChI=1S/C31H42N4O3S/c1-4-15-32-16-14-25(13-12-23-9-6-5-7-10-23)34-30(36)24-18-27(26-11-8-17-38-28(26)19-24)31(37)35(3)20-29-33-22(2)21-39-29/h5-7,9-10,12-13,19,22,24-25,32H,4,8,11,14-18,20-21H2,1-3H3,(H,34,36)/b13-12+. The number of rotatable bonds is 12. The molecule has 210 valence electrons. The maximum Gasteiger partial charge on any atom is 0.250 e. The summed E-state index contributed by atoms with van der Waals surface area (Å²) >= 11 is 1.72. The highest BCUT2D eigenvalue weighted by Gasteiger charge is 2.34. The normalized spacial score (nSPS) is 21.6. The molecule has 0 bridgehead atoms. The van der Waals surface area contributed by atoms with E-state index < -0.39 is 5.92 Å². The zero-order chi connectivity index (χ0) is 27.6. The Morgan fingerprint density at radius 2 is 2.08 bits per heavy atom. The summed E-state index contributed by atoms with van der Waals surface area (Å²) in [6.07, 6.45) is 9.95. The summed E-state index contributed by atoms with van der Waals surface area (Å²) in [6, 6.07) is 10.3. The minimum Gasteiger partial charge on any atom is -0.494 e. The second kappa shape index (κ2) is 14.5. The molecular weight excluding hydrogens is 508 g/mol. The maximum atomic E-state index is 13.6. The van der Waals surface area contributed by atoms with Gasteiger partial charge in [0.25, 0.3) is 0 Å².